The summed E-state index contributed by atoms with van der Waals surface area (Å²) in [5.41, 5.74) is 1.75. The summed E-state index contributed by atoms with van der Waals surface area (Å²) >= 11 is 0. The maximum absolute atomic E-state index is 13.9. The summed E-state index contributed by atoms with van der Waals surface area (Å²) in [5.74, 6) is -1.19. The van der Waals surface area contributed by atoms with E-state index in [-0.39, 0.29) is 5.82 Å². The van der Waals surface area contributed by atoms with E-state index in [0.717, 1.165) is 11.3 Å². The molecule has 0 bridgehead atoms. The van der Waals surface area contributed by atoms with E-state index >= 15 is 0 Å². The van der Waals surface area contributed by atoms with Gasteiger partial charge in [0.2, 0.25) is 0 Å². The van der Waals surface area contributed by atoms with Crippen LogP contribution in [0.5, 0.6) is 0 Å². The Bertz CT molecular complexity index is 798. The van der Waals surface area contributed by atoms with E-state index < -0.39 is 11.6 Å². The minimum atomic E-state index is -0.911. The molecule has 1 fully saturated rings. The molecule has 26 heavy (non-hydrogen) atoms. The third-order valence-electron chi connectivity index (χ3n) is 5.24. The highest BCUT2D eigenvalue weighted by Gasteiger charge is 2.33. The first-order valence-corrected chi connectivity index (χ1v) is 8.99. The normalized spacial score (nSPS) is 16.5. The largest absolute Gasteiger partial charge is 0.478 e. The SMILES string of the molecule is CCc1cc(N2CCC(O)(Cc3ccccc3F)CC2)ccc1C(=O)O. The molecule has 138 valence electrons. The quantitative estimate of drug-likeness (QED) is 0.857. The van der Waals surface area contributed by atoms with Crippen LogP contribution in [-0.2, 0) is 12.8 Å². The summed E-state index contributed by atoms with van der Waals surface area (Å²) in [4.78, 5) is 13.4. The van der Waals surface area contributed by atoms with Gasteiger partial charge in [-0.25, -0.2) is 9.18 Å². The van der Waals surface area contributed by atoms with Crippen LogP contribution in [0.3, 0.4) is 0 Å². The number of halogens is 1. The van der Waals surface area contributed by atoms with E-state index in [0.29, 0.717) is 49.9 Å². The number of piperidine rings is 1. The van der Waals surface area contributed by atoms with Crippen molar-refractivity contribution in [1.82, 2.24) is 0 Å². The van der Waals surface area contributed by atoms with E-state index in [1.807, 2.05) is 19.1 Å². The van der Waals surface area contributed by atoms with Crippen molar-refractivity contribution in [1.29, 1.82) is 0 Å². The number of benzene rings is 2. The maximum Gasteiger partial charge on any atom is 0.335 e. The van der Waals surface area contributed by atoms with Gasteiger partial charge in [0.15, 0.2) is 0 Å². The number of aromatic carboxylic acids is 1. The molecule has 4 nitrogen and oxygen atoms in total. The number of carbonyl (C=O) groups is 1. The van der Waals surface area contributed by atoms with Gasteiger partial charge in [-0.1, -0.05) is 25.1 Å². The highest BCUT2D eigenvalue weighted by atomic mass is 19.1. The number of nitrogens with zero attached hydrogens (tertiary/aromatic N) is 1. The molecular formula is C21H24FNO3. The van der Waals surface area contributed by atoms with E-state index in [1.165, 1.54) is 6.07 Å². The highest BCUT2D eigenvalue weighted by Crippen LogP contribution is 2.31. The molecule has 2 aromatic carbocycles. The van der Waals surface area contributed by atoms with Gasteiger partial charge >= 0.3 is 5.97 Å². The van der Waals surface area contributed by atoms with Gasteiger partial charge in [0, 0.05) is 25.2 Å². The van der Waals surface area contributed by atoms with Crippen molar-refractivity contribution < 1.29 is 19.4 Å². The average molecular weight is 357 g/mol. The summed E-state index contributed by atoms with van der Waals surface area (Å²) in [6.07, 6.45) is 2.05. The fraction of sp³-hybridized carbons (Fsp3) is 0.381. The first-order valence-electron chi connectivity index (χ1n) is 8.99. The van der Waals surface area contributed by atoms with Crippen LogP contribution in [0, 0.1) is 5.82 Å². The van der Waals surface area contributed by atoms with Gasteiger partial charge in [-0.05, 0) is 54.7 Å². The molecule has 0 amide bonds. The van der Waals surface area contributed by atoms with Crippen LogP contribution in [0.4, 0.5) is 10.1 Å². The molecule has 0 aliphatic carbocycles. The van der Waals surface area contributed by atoms with Crippen molar-refractivity contribution in [2.24, 2.45) is 0 Å². The van der Waals surface area contributed by atoms with Crippen molar-refractivity contribution in [2.75, 3.05) is 18.0 Å². The third kappa shape index (κ3) is 3.88. The predicted octanol–water partition coefficient (Wildman–Crippen LogP) is 3.66. The molecule has 1 heterocycles. The Morgan fingerprint density at radius 1 is 1.15 bits per heavy atom. The Labute approximate surface area is 152 Å². The zero-order valence-electron chi connectivity index (χ0n) is 14.9. The molecule has 0 saturated carbocycles. The zero-order chi connectivity index (χ0) is 18.7. The maximum atomic E-state index is 13.9. The zero-order valence-corrected chi connectivity index (χ0v) is 14.9. The average Bonchev–Trinajstić information content (AvgIpc) is 2.63. The Morgan fingerprint density at radius 3 is 2.46 bits per heavy atom. The number of anilines is 1. The molecule has 3 rings (SSSR count). The number of rotatable bonds is 5. The fourth-order valence-electron chi connectivity index (χ4n) is 3.63. The molecular weight excluding hydrogens is 333 g/mol. The van der Waals surface area contributed by atoms with Gasteiger partial charge in [-0.2, -0.15) is 0 Å². The second-order valence-electron chi connectivity index (χ2n) is 6.98. The summed E-state index contributed by atoms with van der Waals surface area (Å²) in [6.45, 7) is 3.25. The monoisotopic (exact) mass is 357 g/mol. The van der Waals surface area contributed by atoms with Crippen molar-refractivity contribution in [2.45, 2.75) is 38.2 Å². The van der Waals surface area contributed by atoms with E-state index in [2.05, 4.69) is 4.90 Å². The van der Waals surface area contributed by atoms with Crippen LogP contribution in [0.1, 0.15) is 41.3 Å². The van der Waals surface area contributed by atoms with Crippen molar-refractivity contribution >= 4 is 11.7 Å². The number of carboxylic acids is 1. The first kappa shape index (κ1) is 18.4. The fourth-order valence-corrected chi connectivity index (χ4v) is 3.63. The molecule has 1 saturated heterocycles. The van der Waals surface area contributed by atoms with Crippen LogP contribution in [0.25, 0.3) is 0 Å². The van der Waals surface area contributed by atoms with Crippen molar-refractivity contribution in [3.05, 3.63) is 65.0 Å². The summed E-state index contributed by atoms with van der Waals surface area (Å²) in [7, 11) is 0. The van der Waals surface area contributed by atoms with E-state index in [4.69, 9.17) is 0 Å². The lowest BCUT2D eigenvalue weighted by atomic mass is 9.85. The van der Waals surface area contributed by atoms with Gasteiger partial charge in [0.25, 0.3) is 0 Å². The highest BCUT2D eigenvalue weighted by molar-refractivity contribution is 5.90. The topological polar surface area (TPSA) is 60.8 Å². The second kappa shape index (κ2) is 7.46. The Morgan fingerprint density at radius 2 is 1.85 bits per heavy atom. The molecule has 2 aromatic rings. The Kier molecular flexibility index (Phi) is 5.28. The van der Waals surface area contributed by atoms with Gasteiger partial charge < -0.3 is 15.1 Å². The van der Waals surface area contributed by atoms with Crippen LogP contribution in [0.15, 0.2) is 42.5 Å². The predicted molar refractivity (Wildman–Crippen MR) is 99.3 cm³/mol. The summed E-state index contributed by atoms with van der Waals surface area (Å²) < 4.78 is 13.9. The van der Waals surface area contributed by atoms with Crippen molar-refractivity contribution in [3.8, 4) is 0 Å². The standard InChI is InChI=1S/C21H24FNO3/c1-2-15-13-17(7-8-18(15)20(24)25)23-11-9-21(26,10-12-23)14-16-5-3-4-6-19(16)22/h3-8,13,26H,2,9-12,14H2,1H3,(H,24,25). The molecule has 1 aliphatic heterocycles. The lowest BCUT2D eigenvalue weighted by Gasteiger charge is -2.39. The summed E-state index contributed by atoms with van der Waals surface area (Å²) in [5, 5.41) is 20.1. The summed E-state index contributed by atoms with van der Waals surface area (Å²) in [6, 6.07) is 12.0. The lowest BCUT2D eigenvalue weighted by Crippen LogP contribution is -2.46. The lowest BCUT2D eigenvalue weighted by molar-refractivity contribution is 0.0158. The molecule has 0 aromatic heterocycles. The van der Waals surface area contributed by atoms with Crippen LogP contribution in [0.2, 0.25) is 0 Å². The number of aliphatic hydroxyl groups is 1. The third-order valence-corrected chi connectivity index (χ3v) is 5.24. The minimum Gasteiger partial charge on any atom is -0.478 e. The Hall–Kier alpha value is -2.40. The minimum absolute atomic E-state index is 0.278. The molecule has 0 spiro atoms. The van der Waals surface area contributed by atoms with Crippen LogP contribution < -0.4 is 4.90 Å². The molecule has 0 atom stereocenters. The van der Waals surface area contributed by atoms with Gasteiger partial charge in [0.05, 0.1) is 11.2 Å². The van der Waals surface area contributed by atoms with Gasteiger partial charge in [-0.15, -0.1) is 0 Å². The molecule has 5 heteroatoms. The molecule has 0 unspecified atom stereocenters. The number of hydrogen-bond acceptors (Lipinski definition) is 3. The first-order chi connectivity index (χ1) is 12.4. The van der Waals surface area contributed by atoms with Crippen LogP contribution >= 0.6 is 0 Å². The van der Waals surface area contributed by atoms with Crippen molar-refractivity contribution in [3.63, 3.8) is 0 Å². The molecule has 2 N–H and O–H groups in total. The van der Waals surface area contributed by atoms with E-state index in [1.54, 1.807) is 24.3 Å². The molecule has 0 radical (unpaired) electrons. The van der Waals surface area contributed by atoms with Gasteiger partial charge in [-0.3, -0.25) is 0 Å². The van der Waals surface area contributed by atoms with E-state index in [9.17, 15) is 19.4 Å². The second-order valence-corrected chi connectivity index (χ2v) is 6.98. The number of carboxylic acid groups (broad SMARTS) is 1. The smallest absolute Gasteiger partial charge is 0.335 e. The number of aryl methyl sites for hydroxylation is 1. The van der Waals surface area contributed by atoms with Gasteiger partial charge in [0.1, 0.15) is 5.82 Å². The Balaban J connectivity index is 1.70. The number of hydrogen-bond donors (Lipinski definition) is 2. The molecule has 1 aliphatic rings. The van der Waals surface area contributed by atoms with Crippen LogP contribution in [-0.4, -0.2) is 34.9 Å².